The normalized spacial score (nSPS) is 22.2. The van der Waals surface area contributed by atoms with Crippen molar-refractivity contribution < 1.29 is 9.59 Å². The number of piperidine rings is 1. The first-order chi connectivity index (χ1) is 9.51. The van der Waals surface area contributed by atoms with Crippen molar-refractivity contribution in [3.8, 4) is 0 Å². The molecule has 0 bridgehead atoms. The Morgan fingerprint density at radius 1 is 1.35 bits per heavy atom. The maximum absolute atomic E-state index is 12.7. The number of carbonyl (C=O) groups excluding carboxylic acids is 2. The van der Waals surface area contributed by atoms with Crippen molar-refractivity contribution in [3.05, 3.63) is 28.2 Å². The molecule has 5 heteroatoms. The SMILES string of the molecule is CC1CC(C)CN(C(=O)c2cc(Br)ccc2N=C=O)C1. The van der Waals surface area contributed by atoms with E-state index in [0.717, 1.165) is 24.0 Å². The molecule has 2 rings (SSSR count). The van der Waals surface area contributed by atoms with E-state index in [9.17, 15) is 9.59 Å². The van der Waals surface area contributed by atoms with Crippen LogP contribution in [0, 0.1) is 11.8 Å². The fraction of sp³-hybridized carbons (Fsp3) is 0.467. The molecule has 0 aliphatic carbocycles. The standard InChI is InChI=1S/C15H17BrN2O2/c1-10-5-11(2)8-18(7-10)15(20)13-6-12(16)3-4-14(13)17-9-19/h3-4,6,10-11H,5,7-8H2,1-2H3. The van der Waals surface area contributed by atoms with Crippen LogP contribution in [0.25, 0.3) is 0 Å². The Morgan fingerprint density at radius 2 is 2.00 bits per heavy atom. The molecule has 1 heterocycles. The average Bonchev–Trinajstić information content (AvgIpc) is 2.39. The van der Waals surface area contributed by atoms with Crippen molar-refractivity contribution in [2.24, 2.45) is 16.8 Å². The molecule has 2 atom stereocenters. The van der Waals surface area contributed by atoms with Crippen LogP contribution >= 0.6 is 15.9 Å². The first kappa shape index (κ1) is 14.9. The number of carbonyl (C=O) groups is 1. The Morgan fingerprint density at radius 3 is 2.60 bits per heavy atom. The van der Waals surface area contributed by atoms with Gasteiger partial charge in [0.05, 0.1) is 11.3 Å². The highest BCUT2D eigenvalue weighted by atomic mass is 79.9. The van der Waals surface area contributed by atoms with E-state index in [1.165, 1.54) is 6.08 Å². The second-order valence-electron chi connectivity index (χ2n) is 5.52. The van der Waals surface area contributed by atoms with Gasteiger partial charge in [-0.1, -0.05) is 29.8 Å². The summed E-state index contributed by atoms with van der Waals surface area (Å²) in [7, 11) is 0. The molecule has 106 valence electrons. The van der Waals surface area contributed by atoms with Crippen molar-refractivity contribution >= 4 is 33.6 Å². The second-order valence-corrected chi connectivity index (χ2v) is 6.44. The maximum Gasteiger partial charge on any atom is 0.256 e. The van der Waals surface area contributed by atoms with Crippen molar-refractivity contribution in [3.63, 3.8) is 0 Å². The van der Waals surface area contributed by atoms with E-state index < -0.39 is 0 Å². The van der Waals surface area contributed by atoms with Crippen LogP contribution in [0.5, 0.6) is 0 Å². The Labute approximate surface area is 127 Å². The zero-order valence-electron chi connectivity index (χ0n) is 11.6. The third-order valence-electron chi connectivity index (χ3n) is 3.51. The number of hydrogen-bond donors (Lipinski definition) is 0. The summed E-state index contributed by atoms with van der Waals surface area (Å²) in [6, 6.07) is 5.12. The number of halogens is 1. The van der Waals surface area contributed by atoms with Crippen LogP contribution in [0.3, 0.4) is 0 Å². The molecular weight excluding hydrogens is 320 g/mol. The number of rotatable bonds is 2. The predicted molar refractivity (Wildman–Crippen MR) is 80.8 cm³/mol. The molecule has 1 aliphatic heterocycles. The van der Waals surface area contributed by atoms with Gasteiger partial charge < -0.3 is 4.90 Å². The number of isocyanates is 1. The number of likely N-dealkylation sites (tertiary alicyclic amines) is 1. The summed E-state index contributed by atoms with van der Waals surface area (Å²) in [5, 5.41) is 0. The van der Waals surface area contributed by atoms with Gasteiger partial charge in [-0.2, -0.15) is 4.99 Å². The highest BCUT2D eigenvalue weighted by molar-refractivity contribution is 9.10. The zero-order valence-corrected chi connectivity index (χ0v) is 13.2. The van der Waals surface area contributed by atoms with Crippen LogP contribution in [-0.2, 0) is 4.79 Å². The van der Waals surface area contributed by atoms with Gasteiger partial charge in [0.1, 0.15) is 0 Å². The lowest BCUT2D eigenvalue weighted by Crippen LogP contribution is -2.42. The van der Waals surface area contributed by atoms with Gasteiger partial charge in [0, 0.05) is 17.6 Å². The van der Waals surface area contributed by atoms with Crippen molar-refractivity contribution in [1.29, 1.82) is 0 Å². The summed E-state index contributed by atoms with van der Waals surface area (Å²) in [5.74, 6) is 0.916. The summed E-state index contributed by atoms with van der Waals surface area (Å²) >= 11 is 3.35. The van der Waals surface area contributed by atoms with Crippen LogP contribution in [0.15, 0.2) is 27.7 Å². The second kappa shape index (κ2) is 6.33. The summed E-state index contributed by atoms with van der Waals surface area (Å²) in [6.45, 7) is 5.81. The van der Waals surface area contributed by atoms with Gasteiger partial charge in [-0.05, 0) is 36.5 Å². The van der Waals surface area contributed by atoms with Crippen LogP contribution < -0.4 is 0 Å². The van der Waals surface area contributed by atoms with Crippen LogP contribution in [-0.4, -0.2) is 30.0 Å². The summed E-state index contributed by atoms with van der Waals surface area (Å²) in [5.41, 5.74) is 0.822. The molecule has 0 spiro atoms. The Bertz CT molecular complexity index is 557. The maximum atomic E-state index is 12.7. The summed E-state index contributed by atoms with van der Waals surface area (Å²) < 4.78 is 0.795. The lowest BCUT2D eigenvalue weighted by molar-refractivity contribution is 0.0624. The number of nitrogens with zero attached hydrogens (tertiary/aromatic N) is 2. The lowest BCUT2D eigenvalue weighted by Gasteiger charge is -2.35. The molecule has 1 aliphatic rings. The number of benzene rings is 1. The highest BCUT2D eigenvalue weighted by Gasteiger charge is 2.27. The highest BCUT2D eigenvalue weighted by Crippen LogP contribution is 2.28. The van der Waals surface area contributed by atoms with Crippen LogP contribution in [0.4, 0.5) is 5.69 Å². The molecule has 0 saturated carbocycles. The molecule has 1 aromatic rings. The minimum atomic E-state index is -0.0706. The van der Waals surface area contributed by atoms with E-state index in [2.05, 4.69) is 34.8 Å². The molecule has 0 aromatic heterocycles. The van der Waals surface area contributed by atoms with Crippen molar-refractivity contribution in [1.82, 2.24) is 4.90 Å². The van der Waals surface area contributed by atoms with E-state index in [4.69, 9.17) is 0 Å². The summed E-state index contributed by atoms with van der Waals surface area (Å²) in [4.78, 5) is 28.6. The Hall–Kier alpha value is -1.45. The van der Waals surface area contributed by atoms with Crippen molar-refractivity contribution in [2.45, 2.75) is 20.3 Å². The largest absolute Gasteiger partial charge is 0.338 e. The minimum Gasteiger partial charge on any atom is -0.338 e. The van der Waals surface area contributed by atoms with E-state index in [-0.39, 0.29) is 5.91 Å². The third-order valence-corrected chi connectivity index (χ3v) is 4.00. The smallest absolute Gasteiger partial charge is 0.256 e. The molecule has 20 heavy (non-hydrogen) atoms. The van der Waals surface area contributed by atoms with Crippen LogP contribution in [0.1, 0.15) is 30.6 Å². The van der Waals surface area contributed by atoms with Crippen molar-refractivity contribution in [2.75, 3.05) is 13.1 Å². The molecule has 0 N–H and O–H groups in total. The van der Waals surface area contributed by atoms with E-state index in [1.54, 1.807) is 18.2 Å². The molecule has 2 unspecified atom stereocenters. The first-order valence-electron chi connectivity index (χ1n) is 6.68. The zero-order chi connectivity index (χ0) is 14.7. The number of aliphatic imine (C=N–C) groups is 1. The molecule has 0 radical (unpaired) electrons. The molecule has 1 amide bonds. The van der Waals surface area contributed by atoms with Gasteiger partial charge in [-0.3, -0.25) is 4.79 Å². The predicted octanol–water partition coefficient (Wildman–Crippen LogP) is 3.53. The van der Waals surface area contributed by atoms with Gasteiger partial charge in [-0.15, -0.1) is 0 Å². The van der Waals surface area contributed by atoms with Gasteiger partial charge >= 0.3 is 0 Å². The van der Waals surface area contributed by atoms with Gasteiger partial charge in [0.25, 0.3) is 5.91 Å². The molecule has 4 nitrogen and oxygen atoms in total. The minimum absolute atomic E-state index is 0.0706. The third kappa shape index (κ3) is 3.35. The molecule has 1 saturated heterocycles. The lowest BCUT2D eigenvalue weighted by atomic mass is 9.91. The average molecular weight is 337 g/mol. The van der Waals surface area contributed by atoms with Gasteiger partial charge in [-0.25, -0.2) is 4.79 Å². The van der Waals surface area contributed by atoms with Gasteiger partial charge in [0.15, 0.2) is 0 Å². The van der Waals surface area contributed by atoms with E-state index in [1.807, 2.05) is 4.90 Å². The molecular formula is C15H17BrN2O2. The fourth-order valence-electron chi connectivity index (χ4n) is 2.83. The number of hydrogen-bond acceptors (Lipinski definition) is 3. The molecule has 1 fully saturated rings. The van der Waals surface area contributed by atoms with Gasteiger partial charge in [0.2, 0.25) is 6.08 Å². The molecule has 1 aromatic carbocycles. The first-order valence-corrected chi connectivity index (χ1v) is 7.47. The quantitative estimate of drug-likeness (QED) is 0.612. The Balaban J connectivity index is 2.32. The topological polar surface area (TPSA) is 49.7 Å². The monoisotopic (exact) mass is 336 g/mol. The number of amides is 1. The van der Waals surface area contributed by atoms with Crippen LogP contribution in [0.2, 0.25) is 0 Å². The van der Waals surface area contributed by atoms with E-state index in [0.29, 0.717) is 23.1 Å². The van der Waals surface area contributed by atoms with E-state index >= 15 is 0 Å². The summed E-state index contributed by atoms with van der Waals surface area (Å²) in [6.07, 6.45) is 2.65. The fourth-order valence-corrected chi connectivity index (χ4v) is 3.19. The Kier molecular flexibility index (Phi) is 4.73.